The first-order valence-electron chi connectivity index (χ1n) is 8.52. The van der Waals surface area contributed by atoms with Gasteiger partial charge < -0.3 is 0 Å². The van der Waals surface area contributed by atoms with Crippen molar-refractivity contribution in [3.05, 3.63) is 83.2 Å². The third-order valence-electron chi connectivity index (χ3n) is 4.55. The van der Waals surface area contributed by atoms with Gasteiger partial charge in [-0.3, -0.25) is 4.99 Å². The smallest absolute Gasteiger partial charge is 0.159 e. The summed E-state index contributed by atoms with van der Waals surface area (Å²) in [5, 5.41) is 0. The van der Waals surface area contributed by atoms with E-state index in [4.69, 9.17) is 0 Å². The van der Waals surface area contributed by atoms with Gasteiger partial charge in [0.25, 0.3) is 0 Å². The molecule has 4 rings (SSSR count). The van der Waals surface area contributed by atoms with Crippen LogP contribution in [0.2, 0.25) is 0 Å². The van der Waals surface area contributed by atoms with Crippen LogP contribution < -0.4 is 0 Å². The molecule has 3 nitrogen and oxygen atoms in total. The van der Waals surface area contributed by atoms with Gasteiger partial charge in [-0.1, -0.05) is 30.3 Å². The second-order valence-corrected chi connectivity index (χ2v) is 6.43. The first-order chi connectivity index (χ1) is 12.6. The zero-order chi connectivity index (χ0) is 18.1. The molecular formula is C21H17F2N3. The quantitative estimate of drug-likeness (QED) is 0.663. The fourth-order valence-electron chi connectivity index (χ4n) is 3.19. The van der Waals surface area contributed by atoms with Crippen molar-refractivity contribution in [1.29, 1.82) is 0 Å². The number of hydrogen-bond donors (Lipinski definition) is 0. The highest BCUT2D eigenvalue weighted by Crippen LogP contribution is 2.33. The molecule has 0 spiro atoms. The summed E-state index contributed by atoms with van der Waals surface area (Å²) < 4.78 is 27.9. The van der Waals surface area contributed by atoms with Gasteiger partial charge in [-0.25, -0.2) is 18.7 Å². The minimum absolute atomic E-state index is 0.000300. The van der Waals surface area contributed by atoms with Gasteiger partial charge in [0.2, 0.25) is 0 Å². The Labute approximate surface area is 150 Å². The summed E-state index contributed by atoms with van der Waals surface area (Å²) in [5.41, 5.74) is 3.46. The summed E-state index contributed by atoms with van der Waals surface area (Å²) in [4.78, 5) is 13.2. The van der Waals surface area contributed by atoms with Gasteiger partial charge in [0.15, 0.2) is 5.82 Å². The van der Waals surface area contributed by atoms with Gasteiger partial charge in [0.05, 0.1) is 11.6 Å². The second kappa shape index (κ2) is 6.75. The summed E-state index contributed by atoms with van der Waals surface area (Å²) in [7, 11) is 0. The second-order valence-electron chi connectivity index (χ2n) is 6.43. The molecule has 5 heteroatoms. The minimum atomic E-state index is -0.559. The van der Waals surface area contributed by atoms with E-state index in [1.165, 1.54) is 18.2 Å². The molecule has 1 atom stereocenters. The normalized spacial score (nSPS) is 16.6. The summed E-state index contributed by atoms with van der Waals surface area (Å²) in [6.07, 6.45) is 4.87. The monoisotopic (exact) mass is 349 g/mol. The minimum Gasteiger partial charge on any atom is -0.281 e. The maximum Gasteiger partial charge on any atom is 0.159 e. The molecule has 0 saturated carbocycles. The van der Waals surface area contributed by atoms with Gasteiger partial charge in [-0.2, -0.15) is 0 Å². The molecule has 1 unspecified atom stereocenters. The van der Waals surface area contributed by atoms with Crippen molar-refractivity contribution in [3.8, 4) is 11.4 Å². The van der Waals surface area contributed by atoms with Crippen LogP contribution >= 0.6 is 0 Å². The third kappa shape index (κ3) is 3.12. The lowest BCUT2D eigenvalue weighted by molar-refractivity contribution is 0.578. The van der Waals surface area contributed by atoms with Crippen molar-refractivity contribution in [2.45, 2.75) is 25.8 Å². The average Bonchev–Trinajstić information content (AvgIpc) is 3.12. The fourth-order valence-corrected chi connectivity index (χ4v) is 3.19. The summed E-state index contributed by atoms with van der Waals surface area (Å²) >= 11 is 0. The number of aryl methyl sites for hydroxylation is 1. The molecule has 0 radical (unpaired) electrons. The van der Waals surface area contributed by atoms with Crippen LogP contribution in [0.1, 0.15) is 35.6 Å². The lowest BCUT2D eigenvalue weighted by atomic mass is 10.0. The molecule has 0 amide bonds. The van der Waals surface area contributed by atoms with E-state index in [1.54, 1.807) is 12.4 Å². The van der Waals surface area contributed by atoms with Crippen LogP contribution in [-0.4, -0.2) is 15.7 Å². The number of nitrogens with zero attached hydrogens (tertiary/aromatic N) is 3. The van der Waals surface area contributed by atoms with E-state index in [1.807, 2.05) is 31.2 Å². The van der Waals surface area contributed by atoms with Gasteiger partial charge in [-0.15, -0.1) is 0 Å². The molecule has 3 aromatic rings. The standard InChI is InChI=1S/C21H17F2N3/c1-13-11-24-21(25-12-13)15-7-5-14(6-8-15)18-9-10-19(26-18)20-16(22)3-2-4-17(20)23/h2-8,11-12,18H,9-10H2,1H3. The topological polar surface area (TPSA) is 38.1 Å². The molecule has 2 heterocycles. The van der Waals surface area contributed by atoms with E-state index in [0.29, 0.717) is 18.0 Å². The first kappa shape index (κ1) is 16.5. The summed E-state index contributed by atoms with van der Waals surface area (Å²) in [6, 6.07) is 11.7. The molecule has 1 aromatic heterocycles. The zero-order valence-electron chi connectivity index (χ0n) is 14.3. The Balaban J connectivity index is 1.59. The molecule has 26 heavy (non-hydrogen) atoms. The molecule has 130 valence electrons. The van der Waals surface area contributed by atoms with Crippen LogP contribution in [0.25, 0.3) is 11.4 Å². The molecular weight excluding hydrogens is 332 g/mol. The van der Waals surface area contributed by atoms with Crippen molar-refractivity contribution in [2.24, 2.45) is 4.99 Å². The van der Waals surface area contributed by atoms with E-state index in [-0.39, 0.29) is 11.6 Å². The van der Waals surface area contributed by atoms with Gasteiger partial charge in [0, 0.05) is 23.7 Å². The number of aliphatic imine (C=N–C) groups is 1. The Morgan fingerprint density at radius 3 is 2.23 bits per heavy atom. The van der Waals surface area contributed by atoms with Crippen molar-refractivity contribution in [1.82, 2.24) is 9.97 Å². The highest BCUT2D eigenvalue weighted by Gasteiger charge is 2.24. The number of halogens is 2. The SMILES string of the molecule is Cc1cnc(-c2ccc(C3CCC(c4c(F)cccc4F)=N3)cc2)nc1. The Morgan fingerprint density at radius 2 is 1.58 bits per heavy atom. The lowest BCUT2D eigenvalue weighted by Gasteiger charge is -2.08. The largest absolute Gasteiger partial charge is 0.281 e. The molecule has 0 aliphatic carbocycles. The van der Waals surface area contributed by atoms with E-state index < -0.39 is 11.6 Å². The Hall–Kier alpha value is -2.95. The maximum atomic E-state index is 14.0. The van der Waals surface area contributed by atoms with Gasteiger partial charge in [-0.05, 0) is 43.0 Å². The molecule has 1 aliphatic rings. The predicted octanol–water partition coefficient (Wildman–Crippen LogP) is 5.05. The lowest BCUT2D eigenvalue weighted by Crippen LogP contribution is -2.03. The van der Waals surface area contributed by atoms with Crippen LogP contribution in [0.15, 0.2) is 59.9 Å². The third-order valence-corrected chi connectivity index (χ3v) is 4.55. The van der Waals surface area contributed by atoms with Crippen LogP contribution in [-0.2, 0) is 0 Å². The molecule has 0 bridgehead atoms. The highest BCUT2D eigenvalue weighted by atomic mass is 19.1. The predicted molar refractivity (Wildman–Crippen MR) is 97.1 cm³/mol. The van der Waals surface area contributed by atoms with Gasteiger partial charge in [0.1, 0.15) is 11.6 Å². The first-order valence-corrected chi connectivity index (χ1v) is 8.52. The van der Waals surface area contributed by atoms with Gasteiger partial charge >= 0.3 is 0 Å². The molecule has 0 N–H and O–H groups in total. The van der Waals surface area contributed by atoms with E-state index >= 15 is 0 Å². The van der Waals surface area contributed by atoms with Crippen LogP contribution in [0.4, 0.5) is 8.78 Å². The van der Waals surface area contributed by atoms with E-state index in [2.05, 4.69) is 15.0 Å². The molecule has 2 aromatic carbocycles. The fraction of sp³-hybridized carbons (Fsp3) is 0.190. The Morgan fingerprint density at radius 1 is 0.923 bits per heavy atom. The number of aromatic nitrogens is 2. The Kier molecular flexibility index (Phi) is 4.29. The average molecular weight is 349 g/mol. The van der Waals surface area contributed by atoms with E-state index in [9.17, 15) is 8.78 Å². The highest BCUT2D eigenvalue weighted by molar-refractivity contribution is 6.02. The number of benzene rings is 2. The van der Waals surface area contributed by atoms with Crippen LogP contribution in [0.3, 0.4) is 0 Å². The number of hydrogen-bond acceptors (Lipinski definition) is 3. The van der Waals surface area contributed by atoms with E-state index in [0.717, 1.165) is 23.1 Å². The van der Waals surface area contributed by atoms with Crippen molar-refractivity contribution in [3.63, 3.8) is 0 Å². The summed E-state index contributed by atoms with van der Waals surface area (Å²) in [5.74, 6) is -0.446. The molecule has 1 aliphatic heterocycles. The molecule has 0 saturated heterocycles. The molecule has 0 fully saturated rings. The zero-order valence-corrected chi connectivity index (χ0v) is 14.3. The number of rotatable bonds is 3. The van der Waals surface area contributed by atoms with Crippen molar-refractivity contribution in [2.75, 3.05) is 0 Å². The van der Waals surface area contributed by atoms with Crippen molar-refractivity contribution < 1.29 is 8.78 Å². The van der Waals surface area contributed by atoms with Crippen molar-refractivity contribution >= 4 is 5.71 Å². The Bertz CT molecular complexity index is 943. The van der Waals surface area contributed by atoms with Crippen LogP contribution in [0.5, 0.6) is 0 Å². The van der Waals surface area contributed by atoms with Crippen LogP contribution in [0, 0.1) is 18.6 Å². The maximum absolute atomic E-state index is 14.0. The summed E-state index contributed by atoms with van der Waals surface area (Å²) in [6.45, 7) is 1.95.